The van der Waals surface area contributed by atoms with Gasteiger partial charge in [-0.25, -0.2) is 27.1 Å². The van der Waals surface area contributed by atoms with Gasteiger partial charge in [-0.2, -0.15) is 0 Å². The first-order chi connectivity index (χ1) is 27.2. The summed E-state index contributed by atoms with van der Waals surface area (Å²) in [5, 5.41) is 22.5. The number of hydrogen-bond donors (Lipinski definition) is 6. The minimum Gasteiger partial charge on any atom is -0.378 e. The van der Waals surface area contributed by atoms with Gasteiger partial charge in [0.15, 0.2) is 0 Å². The van der Waals surface area contributed by atoms with Gasteiger partial charge >= 0.3 is 0 Å². The zero-order chi connectivity index (χ0) is 41.3. The van der Waals surface area contributed by atoms with Gasteiger partial charge in [0, 0.05) is 70.4 Å². The van der Waals surface area contributed by atoms with E-state index in [4.69, 9.17) is 15.0 Å². The number of nitrogens with one attached hydrogen (secondary N) is 4. The Morgan fingerprint density at radius 2 is 0.965 bits per heavy atom. The molecule has 2 aliphatic carbocycles. The van der Waals surface area contributed by atoms with E-state index in [1.165, 1.54) is 48.5 Å². The number of sulfonamides is 2. The number of hydrogen-bond acceptors (Lipinski definition) is 11. The second-order valence-electron chi connectivity index (χ2n) is 14.2. The Hall–Kier alpha value is -3.20. The first kappa shape index (κ1) is 46.5. The van der Waals surface area contributed by atoms with Crippen molar-refractivity contribution in [3.63, 3.8) is 0 Å². The maximum atomic E-state index is 12.7. The van der Waals surface area contributed by atoms with Crippen molar-refractivity contribution in [2.24, 2.45) is 10.3 Å². The van der Waals surface area contributed by atoms with E-state index in [9.17, 15) is 36.0 Å². The van der Waals surface area contributed by atoms with Gasteiger partial charge in [-0.05, 0) is 74.9 Å². The normalized spacial score (nSPS) is 15.5. The predicted molar refractivity (Wildman–Crippen MR) is 221 cm³/mol. The third-order valence-corrected chi connectivity index (χ3v) is 14.6. The van der Waals surface area contributed by atoms with E-state index in [2.05, 4.69) is 21.3 Å². The van der Waals surface area contributed by atoms with Crippen LogP contribution >= 0.6 is 23.5 Å². The number of ether oxygens (including phenoxy) is 1. The molecule has 0 atom stereocenters. The first-order valence-corrected chi connectivity index (χ1v) is 24.4. The van der Waals surface area contributed by atoms with Crippen molar-refractivity contribution in [3.8, 4) is 0 Å². The average Bonchev–Trinajstić information content (AvgIpc) is 3.18. The molecule has 15 nitrogen and oxygen atoms in total. The van der Waals surface area contributed by atoms with E-state index < -0.39 is 31.9 Å². The molecular formula is C38H56N6O9S4. The molecule has 0 aromatic heterocycles. The van der Waals surface area contributed by atoms with Crippen molar-refractivity contribution in [2.45, 2.75) is 120 Å². The van der Waals surface area contributed by atoms with Crippen LogP contribution in [0, 0.1) is 0 Å². The summed E-state index contributed by atoms with van der Waals surface area (Å²) < 4.78 is 54.6. The van der Waals surface area contributed by atoms with Gasteiger partial charge in [0.05, 0.1) is 23.0 Å². The predicted octanol–water partition coefficient (Wildman–Crippen LogP) is 3.80. The zero-order valence-electron chi connectivity index (χ0n) is 32.2. The van der Waals surface area contributed by atoms with Crippen molar-refractivity contribution in [1.82, 2.24) is 21.3 Å². The van der Waals surface area contributed by atoms with E-state index in [0.717, 1.165) is 51.4 Å². The molecule has 316 valence electrons. The van der Waals surface area contributed by atoms with Crippen LogP contribution in [0.2, 0.25) is 0 Å². The number of nitrogens with two attached hydrogens (primary N) is 2. The van der Waals surface area contributed by atoms with Crippen LogP contribution in [0.1, 0.15) is 111 Å². The number of benzene rings is 2. The van der Waals surface area contributed by atoms with Crippen LogP contribution in [0.5, 0.6) is 0 Å². The summed E-state index contributed by atoms with van der Waals surface area (Å²) in [6.45, 7) is 1.43. The zero-order valence-corrected chi connectivity index (χ0v) is 35.5. The highest BCUT2D eigenvalue weighted by molar-refractivity contribution is 8.01. The Bertz CT molecular complexity index is 1770. The molecule has 0 heterocycles. The number of primary sulfonamides is 2. The molecule has 0 spiro atoms. The highest BCUT2D eigenvalue weighted by Crippen LogP contribution is 2.38. The third kappa shape index (κ3) is 16.5. The van der Waals surface area contributed by atoms with Gasteiger partial charge in [0.2, 0.25) is 31.9 Å². The van der Waals surface area contributed by atoms with Gasteiger partial charge in [0.1, 0.15) is 0 Å². The molecule has 0 unspecified atom stereocenters. The van der Waals surface area contributed by atoms with Gasteiger partial charge in [0.25, 0.3) is 11.8 Å². The number of carbonyl (C=O) groups is 4. The molecule has 19 heteroatoms. The van der Waals surface area contributed by atoms with Crippen molar-refractivity contribution in [2.75, 3.05) is 39.4 Å². The van der Waals surface area contributed by atoms with Gasteiger partial charge in [-0.15, -0.1) is 23.5 Å². The van der Waals surface area contributed by atoms with Crippen LogP contribution in [-0.2, 0) is 34.4 Å². The monoisotopic (exact) mass is 868 g/mol. The molecule has 0 radical (unpaired) electrons. The molecule has 4 rings (SSSR count). The summed E-state index contributed by atoms with van der Waals surface area (Å²) in [5.41, 5.74) is 0.359. The minimum absolute atomic E-state index is 0.0552. The Morgan fingerprint density at radius 3 is 1.33 bits per heavy atom. The van der Waals surface area contributed by atoms with Crippen LogP contribution in [0.25, 0.3) is 0 Å². The number of carbonyl (C=O) groups excluding carboxylic acids is 4. The fraction of sp³-hybridized carbons (Fsp3) is 0.579. The van der Waals surface area contributed by atoms with Crippen LogP contribution in [0.15, 0.2) is 56.0 Å². The molecule has 57 heavy (non-hydrogen) atoms. The quantitative estimate of drug-likeness (QED) is 0.0930. The van der Waals surface area contributed by atoms with Gasteiger partial charge in [-0.3, -0.25) is 19.2 Å². The maximum absolute atomic E-state index is 12.7. The lowest BCUT2D eigenvalue weighted by molar-refractivity contribution is -0.121. The maximum Gasteiger partial charge on any atom is 0.251 e. The number of amides is 4. The average molecular weight is 869 g/mol. The Balaban J connectivity index is 1.02. The van der Waals surface area contributed by atoms with Gasteiger partial charge < -0.3 is 26.0 Å². The number of rotatable bonds is 22. The summed E-state index contributed by atoms with van der Waals surface area (Å²) in [7, 11) is -8.06. The summed E-state index contributed by atoms with van der Waals surface area (Å²) in [6, 6.07) is 9.08. The van der Waals surface area contributed by atoms with Crippen molar-refractivity contribution in [3.05, 3.63) is 47.5 Å². The van der Waals surface area contributed by atoms with Crippen LogP contribution in [0.4, 0.5) is 0 Å². The van der Waals surface area contributed by atoms with Crippen LogP contribution < -0.4 is 31.5 Å². The molecule has 2 aromatic carbocycles. The second kappa shape index (κ2) is 23.4. The highest BCUT2D eigenvalue weighted by Gasteiger charge is 2.24. The topological polar surface area (TPSA) is 246 Å². The fourth-order valence-electron chi connectivity index (χ4n) is 6.57. The summed E-state index contributed by atoms with van der Waals surface area (Å²) >= 11 is 2.99. The van der Waals surface area contributed by atoms with E-state index in [1.54, 1.807) is 24.3 Å². The van der Waals surface area contributed by atoms with E-state index >= 15 is 0 Å². The molecule has 0 saturated heterocycles. The summed E-state index contributed by atoms with van der Waals surface area (Å²) in [5.74, 6) is -1.34. The lowest BCUT2D eigenvalue weighted by Crippen LogP contribution is -2.31. The fourth-order valence-corrected chi connectivity index (χ4v) is 11.3. The van der Waals surface area contributed by atoms with Crippen molar-refractivity contribution in [1.29, 1.82) is 0 Å². The molecule has 4 amide bonds. The highest BCUT2D eigenvalue weighted by atomic mass is 32.2. The lowest BCUT2D eigenvalue weighted by atomic mass is 10.0. The summed E-state index contributed by atoms with van der Waals surface area (Å²) in [6.07, 6.45) is 11.9. The smallest absolute Gasteiger partial charge is 0.251 e. The molecular weight excluding hydrogens is 813 g/mol. The minimum atomic E-state index is -4.03. The van der Waals surface area contributed by atoms with Crippen molar-refractivity contribution >= 4 is 67.2 Å². The van der Waals surface area contributed by atoms with Crippen LogP contribution in [0.3, 0.4) is 0 Å². The standard InChI is InChI=1S/C38H56N6O9S4/c39-56(49,50)33-25-27(15-17-31(33)54-29-9-3-1-4-10-29)37(47)43-19-7-13-35(45)41-21-23-53-24-22-42-36(46)14-8-20-44-38(48)28-16-18-32(34(26-28)57(40,51)52)55-30-11-5-2-6-12-30/h15-18,25-26,29-30H,1-14,19-24H2,(H,41,45)(H,42,46)(H,43,47)(H,44,48)(H2,39,49,50)(H2,40,51,52). The molecule has 2 fully saturated rings. The van der Waals surface area contributed by atoms with Crippen molar-refractivity contribution < 1.29 is 40.8 Å². The molecule has 2 saturated carbocycles. The molecule has 2 aromatic rings. The first-order valence-electron chi connectivity index (χ1n) is 19.6. The Labute approximate surface area is 344 Å². The largest absolute Gasteiger partial charge is 0.378 e. The van der Waals surface area contributed by atoms with Crippen LogP contribution in [-0.4, -0.2) is 90.4 Å². The molecule has 0 bridgehead atoms. The molecule has 0 aliphatic heterocycles. The molecule has 2 aliphatic rings. The molecule has 8 N–H and O–H groups in total. The van der Waals surface area contributed by atoms with Gasteiger partial charge in [-0.1, -0.05) is 38.5 Å². The van der Waals surface area contributed by atoms with E-state index in [1.807, 2.05) is 0 Å². The Morgan fingerprint density at radius 1 is 0.579 bits per heavy atom. The lowest BCUT2D eigenvalue weighted by Gasteiger charge is -2.22. The summed E-state index contributed by atoms with van der Waals surface area (Å²) in [4.78, 5) is 50.8. The Kier molecular flexibility index (Phi) is 19.1. The third-order valence-electron chi connectivity index (χ3n) is 9.59. The number of thioether (sulfide) groups is 2. The van der Waals surface area contributed by atoms with E-state index in [-0.39, 0.29) is 85.0 Å². The van der Waals surface area contributed by atoms with E-state index in [0.29, 0.717) is 33.1 Å². The SMILES string of the molecule is NS(=O)(=O)c1cc(C(=O)NCCCC(=O)NCCOCCNC(=O)CCCNC(=O)c2ccc(SC3CCCCC3)c(S(N)(=O)=O)c2)ccc1SC1CCCCC1. The second-order valence-corrected chi connectivity index (χ2v) is 19.9.